The van der Waals surface area contributed by atoms with Gasteiger partial charge in [-0.2, -0.15) is 0 Å². The van der Waals surface area contributed by atoms with E-state index in [1.54, 1.807) is 17.5 Å². The molecule has 0 radical (unpaired) electrons. The van der Waals surface area contributed by atoms with Crippen LogP contribution in [0.5, 0.6) is 0 Å². The summed E-state index contributed by atoms with van der Waals surface area (Å²) in [5, 5.41) is 0. The van der Waals surface area contributed by atoms with Gasteiger partial charge in [0.2, 0.25) is 0 Å². The van der Waals surface area contributed by atoms with Crippen molar-refractivity contribution in [1.29, 1.82) is 0 Å². The lowest BCUT2D eigenvalue weighted by atomic mass is 10.2. The van der Waals surface area contributed by atoms with Crippen LogP contribution in [0.25, 0.3) is 0 Å². The molecule has 1 heterocycles. The second-order valence-electron chi connectivity index (χ2n) is 1.18. The summed E-state index contributed by atoms with van der Waals surface area (Å²) in [6.07, 6.45) is 1.81. The van der Waals surface area contributed by atoms with Gasteiger partial charge in [0.15, 0.2) is 7.85 Å². The van der Waals surface area contributed by atoms with Crippen LogP contribution >= 0.6 is 27.3 Å². The third-order valence-corrected chi connectivity index (χ3v) is 1.98. The van der Waals surface area contributed by atoms with Crippen LogP contribution in [0.2, 0.25) is 0 Å². The van der Waals surface area contributed by atoms with E-state index in [2.05, 4.69) is 20.9 Å². The number of rotatable bonds is 0. The van der Waals surface area contributed by atoms with E-state index in [1.807, 2.05) is 7.85 Å². The van der Waals surface area contributed by atoms with Crippen LogP contribution in [0.15, 0.2) is 9.98 Å². The number of thiazole rings is 1. The highest BCUT2D eigenvalue weighted by atomic mass is 79.9. The predicted octanol–water partition coefficient (Wildman–Crippen LogP) is 0.164. The lowest BCUT2D eigenvalue weighted by molar-refractivity contribution is 1.46. The van der Waals surface area contributed by atoms with E-state index >= 15 is 0 Å². The number of halogens is 1. The Hall–Kier alpha value is 0.175. The Bertz CT molecular complexity index is 147. The van der Waals surface area contributed by atoms with E-state index in [9.17, 15) is 0 Å². The zero-order valence-corrected chi connectivity index (χ0v) is 6.21. The molecule has 0 aliphatic carbocycles. The van der Waals surface area contributed by atoms with Gasteiger partial charge in [0.25, 0.3) is 0 Å². The van der Waals surface area contributed by atoms with E-state index in [-0.39, 0.29) is 0 Å². The number of hydrogen-bond acceptors (Lipinski definition) is 2. The van der Waals surface area contributed by atoms with Gasteiger partial charge in [-0.3, -0.25) is 4.98 Å². The first kappa shape index (κ1) is 5.31. The summed E-state index contributed by atoms with van der Waals surface area (Å²) < 4.78 is 1.10. The Morgan fingerprint density at radius 1 is 1.86 bits per heavy atom. The van der Waals surface area contributed by atoms with Crippen LogP contribution in [-0.4, -0.2) is 12.8 Å². The highest BCUT2D eigenvalue weighted by Crippen LogP contribution is 2.10. The van der Waals surface area contributed by atoms with Gasteiger partial charge in [-0.15, -0.1) is 11.3 Å². The van der Waals surface area contributed by atoms with Crippen molar-refractivity contribution in [2.24, 2.45) is 0 Å². The summed E-state index contributed by atoms with van der Waals surface area (Å²) in [4.78, 5) is 5.09. The molecule has 1 rings (SSSR count). The minimum absolute atomic E-state index is 1.10. The Morgan fingerprint density at radius 2 is 2.57 bits per heavy atom. The van der Waals surface area contributed by atoms with Crippen LogP contribution in [0.1, 0.15) is 0 Å². The summed E-state index contributed by atoms with van der Waals surface area (Å²) in [7, 11) is 1.98. The van der Waals surface area contributed by atoms with E-state index in [4.69, 9.17) is 0 Å². The first-order valence-corrected chi connectivity index (χ1v) is 3.48. The molecule has 0 aliphatic heterocycles. The van der Waals surface area contributed by atoms with Crippen LogP contribution < -0.4 is 4.91 Å². The predicted molar refractivity (Wildman–Crippen MR) is 38.0 cm³/mol. The fraction of sp³-hybridized carbons (Fsp3) is 0. The average Bonchev–Trinajstić information content (AvgIpc) is 1.87. The molecule has 0 atom stereocenters. The highest BCUT2D eigenvalue weighted by molar-refractivity contribution is 9.11. The van der Waals surface area contributed by atoms with E-state index < -0.39 is 0 Å². The first-order valence-electron chi connectivity index (χ1n) is 1.87. The van der Waals surface area contributed by atoms with Crippen molar-refractivity contribution >= 4 is 40.0 Å². The van der Waals surface area contributed by atoms with Crippen molar-refractivity contribution in [3.8, 4) is 0 Å². The fourth-order valence-corrected chi connectivity index (χ4v) is 1.63. The second kappa shape index (κ2) is 1.96. The maximum Gasteiger partial charge on any atom is 0.177 e. The van der Waals surface area contributed by atoms with Gasteiger partial charge < -0.3 is 0 Å². The molecule has 1 aromatic heterocycles. The normalized spacial score (nSPS) is 9.29. The smallest absolute Gasteiger partial charge is 0.177 e. The van der Waals surface area contributed by atoms with Gasteiger partial charge in [-0.1, -0.05) is 0 Å². The molecule has 0 spiro atoms. The number of nitrogens with zero attached hydrogens (tertiary/aromatic N) is 1. The first-order chi connectivity index (χ1) is 3.29. The van der Waals surface area contributed by atoms with Crippen molar-refractivity contribution in [3.63, 3.8) is 0 Å². The van der Waals surface area contributed by atoms with Crippen molar-refractivity contribution in [2.75, 3.05) is 0 Å². The number of hydrogen-bond donors (Lipinski definition) is 0. The average molecular weight is 176 g/mol. The summed E-state index contributed by atoms with van der Waals surface area (Å²) in [6.45, 7) is 0. The van der Waals surface area contributed by atoms with Crippen molar-refractivity contribution in [2.45, 2.75) is 0 Å². The van der Waals surface area contributed by atoms with Gasteiger partial charge in [0.05, 0.1) is 9.98 Å². The van der Waals surface area contributed by atoms with Crippen molar-refractivity contribution < 1.29 is 0 Å². The second-order valence-corrected chi connectivity index (χ2v) is 3.80. The topological polar surface area (TPSA) is 12.9 Å². The SMILES string of the molecule is Bc1ncc(Br)s1. The van der Waals surface area contributed by atoms with Gasteiger partial charge in [-0.05, 0) is 15.9 Å². The van der Waals surface area contributed by atoms with Crippen LogP contribution in [0, 0.1) is 0 Å². The summed E-state index contributed by atoms with van der Waals surface area (Å²) >= 11 is 4.94. The molecule has 0 bridgehead atoms. The van der Waals surface area contributed by atoms with Gasteiger partial charge in [0.1, 0.15) is 0 Å². The van der Waals surface area contributed by atoms with Crippen LogP contribution in [0.4, 0.5) is 0 Å². The molecule has 1 aromatic rings. The lowest BCUT2D eigenvalue weighted by Crippen LogP contribution is -1.95. The molecular formula is C3H3BBrNS. The lowest BCUT2D eigenvalue weighted by Gasteiger charge is -1.67. The van der Waals surface area contributed by atoms with Crippen LogP contribution in [0.3, 0.4) is 0 Å². The van der Waals surface area contributed by atoms with Crippen LogP contribution in [-0.2, 0) is 0 Å². The zero-order valence-electron chi connectivity index (χ0n) is 3.81. The molecule has 0 aromatic carbocycles. The maximum absolute atomic E-state index is 3.99. The monoisotopic (exact) mass is 175 g/mol. The molecule has 36 valence electrons. The third-order valence-electron chi connectivity index (χ3n) is 0.593. The molecule has 0 N–H and O–H groups in total. The Morgan fingerprint density at radius 3 is 2.71 bits per heavy atom. The minimum Gasteiger partial charge on any atom is -0.260 e. The standard InChI is InChI=1S/C3H3BBrNS/c4-3-6-1-2(5)7-3/h1H,4H2. The van der Waals surface area contributed by atoms with Crippen molar-refractivity contribution in [1.82, 2.24) is 4.98 Å². The quantitative estimate of drug-likeness (QED) is 0.513. The molecule has 0 aliphatic rings. The summed E-state index contributed by atoms with van der Waals surface area (Å²) in [6, 6.07) is 0. The zero-order chi connectivity index (χ0) is 5.28. The molecule has 0 unspecified atom stereocenters. The third kappa shape index (κ3) is 1.28. The molecule has 0 saturated carbocycles. The Labute approximate surface area is 55.3 Å². The van der Waals surface area contributed by atoms with E-state index in [1.165, 1.54) is 0 Å². The fourth-order valence-electron chi connectivity index (χ4n) is 0.335. The minimum atomic E-state index is 1.10. The molecule has 0 amide bonds. The molecule has 7 heavy (non-hydrogen) atoms. The molecule has 4 heteroatoms. The van der Waals surface area contributed by atoms with Crippen molar-refractivity contribution in [3.05, 3.63) is 9.98 Å². The Kier molecular flexibility index (Phi) is 1.49. The largest absolute Gasteiger partial charge is 0.260 e. The Balaban J connectivity index is 3.04. The molecule has 0 fully saturated rings. The van der Waals surface area contributed by atoms with Gasteiger partial charge in [0, 0.05) is 4.91 Å². The maximum atomic E-state index is 3.99. The molecular weight excluding hydrogens is 173 g/mol. The van der Waals surface area contributed by atoms with E-state index in [0.29, 0.717) is 0 Å². The molecule has 0 saturated heterocycles. The van der Waals surface area contributed by atoms with E-state index in [0.717, 1.165) is 8.69 Å². The summed E-state index contributed by atoms with van der Waals surface area (Å²) in [5.41, 5.74) is 0. The molecule has 1 nitrogen and oxygen atoms in total. The van der Waals surface area contributed by atoms with Gasteiger partial charge >= 0.3 is 0 Å². The van der Waals surface area contributed by atoms with Gasteiger partial charge in [-0.25, -0.2) is 0 Å². The highest BCUT2D eigenvalue weighted by Gasteiger charge is 1.88. The number of aromatic nitrogens is 1. The summed E-state index contributed by atoms with van der Waals surface area (Å²) in [5.74, 6) is 0.